The zero-order valence-corrected chi connectivity index (χ0v) is 12.2. The number of guanidine groups is 1. The zero-order valence-electron chi connectivity index (χ0n) is 12.2. The summed E-state index contributed by atoms with van der Waals surface area (Å²) in [6.07, 6.45) is 2.86. The van der Waals surface area contributed by atoms with Gasteiger partial charge in [0.2, 0.25) is 0 Å². The van der Waals surface area contributed by atoms with Crippen LogP contribution in [0.25, 0.3) is 0 Å². The number of carbonyl (C=O) groups excluding carboxylic acids is 1. The summed E-state index contributed by atoms with van der Waals surface area (Å²) in [6.45, 7) is 2.35. The average Bonchev–Trinajstić information content (AvgIpc) is 3.24. The number of benzene rings is 1. The number of anilines is 1. The predicted octanol–water partition coefficient (Wildman–Crippen LogP) is 1.97. The first-order valence-electron chi connectivity index (χ1n) is 7.38. The molecular formula is C16H20N4O. The molecule has 3 N–H and O–H groups in total. The summed E-state index contributed by atoms with van der Waals surface area (Å²) in [5.41, 5.74) is 8.84. The fraction of sp³-hybridized carbons (Fsp3) is 0.438. The normalized spacial score (nSPS) is 22.9. The number of rotatable bonds is 3. The Kier molecular flexibility index (Phi) is 3.73. The number of ketones is 1. The molecule has 1 aromatic carbocycles. The zero-order chi connectivity index (χ0) is 14.8. The lowest BCUT2D eigenvalue weighted by molar-refractivity contribution is -0.118. The fourth-order valence-electron chi connectivity index (χ4n) is 2.51. The number of aliphatic imine (C=N–C) groups is 2. The molecule has 0 radical (unpaired) electrons. The second kappa shape index (κ2) is 5.68. The van der Waals surface area contributed by atoms with Gasteiger partial charge in [0.1, 0.15) is 0 Å². The molecule has 1 aliphatic carbocycles. The topological polar surface area (TPSA) is 79.8 Å². The largest absolute Gasteiger partial charge is 0.370 e. The van der Waals surface area contributed by atoms with E-state index in [4.69, 9.17) is 5.73 Å². The molecule has 5 heteroatoms. The standard InChI is InChI=1S/C16H20N4O/c1-10-8-14(21)9-18-15(10)11-2-4-12(5-3-11)19-16(17)20-13-6-7-13/h2-5,10,13H,6-9H2,1H3,(H3,17,19,20). The van der Waals surface area contributed by atoms with E-state index in [9.17, 15) is 4.79 Å². The lowest BCUT2D eigenvalue weighted by Gasteiger charge is -2.19. The van der Waals surface area contributed by atoms with Crippen LogP contribution in [-0.4, -0.2) is 30.0 Å². The molecule has 0 amide bonds. The number of nitrogens with one attached hydrogen (secondary N) is 1. The van der Waals surface area contributed by atoms with Crippen molar-refractivity contribution in [1.29, 1.82) is 0 Å². The van der Waals surface area contributed by atoms with Crippen molar-refractivity contribution in [1.82, 2.24) is 0 Å². The van der Waals surface area contributed by atoms with Crippen molar-refractivity contribution in [3.8, 4) is 0 Å². The fourth-order valence-corrected chi connectivity index (χ4v) is 2.51. The van der Waals surface area contributed by atoms with Gasteiger partial charge in [-0.25, -0.2) is 4.99 Å². The molecule has 1 heterocycles. The number of nitrogens with zero attached hydrogens (tertiary/aromatic N) is 2. The number of Topliss-reactive ketones (excluding diaryl/α,β-unsaturated/α-hetero) is 1. The van der Waals surface area contributed by atoms with Crippen LogP contribution >= 0.6 is 0 Å². The summed E-state index contributed by atoms with van der Waals surface area (Å²) in [5, 5.41) is 3.10. The molecule has 1 atom stereocenters. The quantitative estimate of drug-likeness (QED) is 0.658. The molecule has 5 nitrogen and oxygen atoms in total. The Labute approximate surface area is 124 Å². The van der Waals surface area contributed by atoms with Gasteiger partial charge >= 0.3 is 0 Å². The highest BCUT2D eigenvalue weighted by molar-refractivity contribution is 6.07. The molecule has 21 heavy (non-hydrogen) atoms. The summed E-state index contributed by atoms with van der Waals surface area (Å²) >= 11 is 0. The Morgan fingerprint density at radius 1 is 1.33 bits per heavy atom. The van der Waals surface area contributed by atoms with Crippen LogP contribution < -0.4 is 11.1 Å². The smallest absolute Gasteiger partial charge is 0.193 e. The molecule has 0 aromatic heterocycles. The minimum Gasteiger partial charge on any atom is -0.370 e. The lowest BCUT2D eigenvalue weighted by atomic mass is 9.91. The van der Waals surface area contributed by atoms with Gasteiger partial charge in [-0.05, 0) is 30.5 Å². The van der Waals surface area contributed by atoms with Crippen molar-refractivity contribution >= 4 is 23.1 Å². The van der Waals surface area contributed by atoms with Crippen LogP contribution in [0.2, 0.25) is 0 Å². The maximum Gasteiger partial charge on any atom is 0.193 e. The summed E-state index contributed by atoms with van der Waals surface area (Å²) in [7, 11) is 0. The third-order valence-corrected chi connectivity index (χ3v) is 3.75. The highest BCUT2D eigenvalue weighted by atomic mass is 16.1. The van der Waals surface area contributed by atoms with Crippen LogP contribution in [0.4, 0.5) is 5.69 Å². The van der Waals surface area contributed by atoms with Gasteiger partial charge in [0.25, 0.3) is 0 Å². The Hall–Kier alpha value is -2.17. The van der Waals surface area contributed by atoms with E-state index in [-0.39, 0.29) is 11.7 Å². The molecule has 1 unspecified atom stereocenters. The maximum atomic E-state index is 11.4. The van der Waals surface area contributed by atoms with Gasteiger partial charge in [0, 0.05) is 23.7 Å². The third-order valence-electron chi connectivity index (χ3n) is 3.75. The van der Waals surface area contributed by atoms with Gasteiger partial charge in [-0.15, -0.1) is 0 Å². The Bertz CT molecular complexity index is 599. The van der Waals surface area contributed by atoms with Gasteiger partial charge in [-0.2, -0.15) is 0 Å². The van der Waals surface area contributed by atoms with Crippen LogP contribution in [0.1, 0.15) is 31.7 Å². The summed E-state index contributed by atoms with van der Waals surface area (Å²) in [5.74, 6) is 0.874. The van der Waals surface area contributed by atoms with E-state index in [0.717, 1.165) is 29.8 Å². The van der Waals surface area contributed by atoms with E-state index >= 15 is 0 Å². The average molecular weight is 284 g/mol. The number of nitrogens with two attached hydrogens (primary N) is 1. The van der Waals surface area contributed by atoms with Gasteiger partial charge in [-0.3, -0.25) is 9.79 Å². The highest BCUT2D eigenvalue weighted by Crippen LogP contribution is 2.23. The van der Waals surface area contributed by atoms with E-state index in [1.807, 2.05) is 31.2 Å². The maximum absolute atomic E-state index is 11.4. The van der Waals surface area contributed by atoms with E-state index in [2.05, 4.69) is 15.3 Å². The first-order valence-corrected chi connectivity index (χ1v) is 7.38. The Morgan fingerprint density at radius 3 is 2.67 bits per heavy atom. The van der Waals surface area contributed by atoms with Crippen LogP contribution in [0.15, 0.2) is 34.3 Å². The summed E-state index contributed by atoms with van der Waals surface area (Å²) in [6, 6.07) is 8.37. The van der Waals surface area contributed by atoms with Crippen molar-refractivity contribution < 1.29 is 4.79 Å². The second-order valence-electron chi connectivity index (χ2n) is 5.79. The van der Waals surface area contributed by atoms with E-state index in [0.29, 0.717) is 25.0 Å². The molecule has 0 spiro atoms. The predicted molar refractivity (Wildman–Crippen MR) is 84.9 cm³/mol. The number of carbonyl (C=O) groups is 1. The van der Waals surface area contributed by atoms with Crippen molar-refractivity contribution in [2.75, 3.05) is 11.9 Å². The molecule has 1 fully saturated rings. The Morgan fingerprint density at radius 2 is 2.05 bits per heavy atom. The molecule has 0 bridgehead atoms. The minimum absolute atomic E-state index is 0.187. The molecule has 2 aliphatic rings. The molecule has 110 valence electrons. The molecule has 1 aliphatic heterocycles. The lowest BCUT2D eigenvalue weighted by Crippen LogP contribution is -2.25. The van der Waals surface area contributed by atoms with Gasteiger partial charge < -0.3 is 11.1 Å². The van der Waals surface area contributed by atoms with Crippen LogP contribution in [0.3, 0.4) is 0 Å². The molecule has 1 aromatic rings. The van der Waals surface area contributed by atoms with E-state index < -0.39 is 0 Å². The molecule has 0 saturated heterocycles. The molecular weight excluding hydrogens is 264 g/mol. The van der Waals surface area contributed by atoms with Crippen molar-refractivity contribution in [3.63, 3.8) is 0 Å². The first-order chi connectivity index (χ1) is 10.1. The number of hydrogen-bond acceptors (Lipinski definition) is 3. The number of hydrogen-bond donors (Lipinski definition) is 2. The van der Waals surface area contributed by atoms with Crippen LogP contribution in [0.5, 0.6) is 0 Å². The molecule has 1 saturated carbocycles. The monoisotopic (exact) mass is 284 g/mol. The van der Waals surface area contributed by atoms with Gasteiger partial charge in [-0.1, -0.05) is 19.1 Å². The first kappa shape index (κ1) is 13.8. The SMILES string of the molecule is CC1CC(=O)CN=C1c1ccc(NC(N)=NC2CC2)cc1. The minimum atomic E-state index is 0.187. The van der Waals surface area contributed by atoms with Crippen molar-refractivity contribution in [2.45, 2.75) is 32.2 Å². The van der Waals surface area contributed by atoms with Gasteiger partial charge in [0.15, 0.2) is 11.7 Å². The van der Waals surface area contributed by atoms with Crippen LogP contribution in [0, 0.1) is 5.92 Å². The highest BCUT2D eigenvalue weighted by Gasteiger charge is 2.21. The summed E-state index contributed by atoms with van der Waals surface area (Å²) < 4.78 is 0. The third kappa shape index (κ3) is 3.48. The van der Waals surface area contributed by atoms with Gasteiger partial charge in [0.05, 0.1) is 12.6 Å². The van der Waals surface area contributed by atoms with Crippen molar-refractivity contribution in [2.24, 2.45) is 21.6 Å². The van der Waals surface area contributed by atoms with E-state index in [1.54, 1.807) is 0 Å². The van der Waals surface area contributed by atoms with E-state index in [1.165, 1.54) is 0 Å². The Balaban J connectivity index is 1.70. The second-order valence-corrected chi connectivity index (χ2v) is 5.79. The van der Waals surface area contributed by atoms with Crippen molar-refractivity contribution in [3.05, 3.63) is 29.8 Å². The summed E-state index contributed by atoms with van der Waals surface area (Å²) in [4.78, 5) is 20.1. The molecule has 3 rings (SSSR count). The van der Waals surface area contributed by atoms with Crippen LogP contribution in [-0.2, 0) is 4.79 Å².